The summed E-state index contributed by atoms with van der Waals surface area (Å²) in [7, 11) is 0. The van der Waals surface area contributed by atoms with Gasteiger partial charge in [-0.1, -0.05) is 0 Å². The molecule has 3 nitrogen and oxygen atoms in total. The summed E-state index contributed by atoms with van der Waals surface area (Å²) in [5.41, 5.74) is 4.93. The summed E-state index contributed by atoms with van der Waals surface area (Å²) in [5, 5.41) is 8.62. The third-order valence-electron chi connectivity index (χ3n) is 1.69. The van der Waals surface area contributed by atoms with Gasteiger partial charge in [0, 0.05) is 11.8 Å². The van der Waals surface area contributed by atoms with Crippen molar-refractivity contribution in [3.8, 4) is 6.07 Å². The monoisotopic (exact) mass is 217 g/mol. The van der Waals surface area contributed by atoms with Crippen LogP contribution in [0.15, 0.2) is 6.20 Å². The number of hydrogen-bond donors (Lipinski definition) is 1. The van der Waals surface area contributed by atoms with Crippen molar-refractivity contribution in [1.29, 1.82) is 5.26 Å². The number of nitriles is 1. The Morgan fingerprint density at radius 2 is 2.29 bits per heavy atom. The molecule has 0 aliphatic heterocycles. The molecule has 1 aromatic rings. The van der Waals surface area contributed by atoms with E-state index in [0.29, 0.717) is 5.56 Å². The maximum absolute atomic E-state index is 12.3. The summed E-state index contributed by atoms with van der Waals surface area (Å²) in [6.07, 6.45) is -1.65. The number of halogens is 3. The standard InChI is InChI=1S/C8H6ClF2N3/c9-1-4-3-14-7(8(10)11)5(2-12)6(4)13/h3,8H,1H2,(H2,13,14). The highest BCUT2D eigenvalue weighted by molar-refractivity contribution is 6.17. The summed E-state index contributed by atoms with van der Waals surface area (Å²) in [6, 6.07) is 1.59. The molecule has 2 N–H and O–H groups in total. The molecule has 74 valence electrons. The molecule has 0 atom stereocenters. The first-order chi connectivity index (χ1) is 6.61. The molecule has 0 unspecified atom stereocenters. The molecule has 1 aromatic heterocycles. The van der Waals surface area contributed by atoms with Crippen molar-refractivity contribution in [3.05, 3.63) is 23.0 Å². The zero-order valence-corrected chi connectivity index (χ0v) is 7.72. The summed E-state index contributed by atoms with van der Waals surface area (Å²) in [6.45, 7) is 0. The highest BCUT2D eigenvalue weighted by Gasteiger charge is 2.18. The van der Waals surface area contributed by atoms with Gasteiger partial charge < -0.3 is 5.73 Å². The van der Waals surface area contributed by atoms with Gasteiger partial charge in [-0.25, -0.2) is 8.78 Å². The Labute approximate surface area is 84.1 Å². The first-order valence-electron chi connectivity index (χ1n) is 3.63. The third kappa shape index (κ3) is 1.75. The van der Waals surface area contributed by atoms with Gasteiger partial charge >= 0.3 is 0 Å². The topological polar surface area (TPSA) is 62.7 Å². The number of nitrogens with zero attached hydrogens (tertiary/aromatic N) is 2. The summed E-state index contributed by atoms with van der Waals surface area (Å²) in [4.78, 5) is 3.44. The number of alkyl halides is 3. The van der Waals surface area contributed by atoms with Crippen LogP contribution < -0.4 is 5.73 Å². The van der Waals surface area contributed by atoms with Crippen molar-refractivity contribution in [3.63, 3.8) is 0 Å². The van der Waals surface area contributed by atoms with E-state index in [1.807, 2.05) is 0 Å². The van der Waals surface area contributed by atoms with Gasteiger partial charge in [-0.15, -0.1) is 11.6 Å². The molecule has 14 heavy (non-hydrogen) atoms. The van der Waals surface area contributed by atoms with Gasteiger partial charge in [-0.2, -0.15) is 5.26 Å². The first-order valence-corrected chi connectivity index (χ1v) is 4.16. The number of rotatable bonds is 2. The van der Waals surface area contributed by atoms with Gasteiger partial charge in [-0.05, 0) is 0 Å². The molecule has 0 bridgehead atoms. The Bertz CT molecular complexity index is 387. The normalized spacial score (nSPS) is 10.2. The molecule has 0 aromatic carbocycles. The summed E-state index contributed by atoms with van der Waals surface area (Å²) in [5.74, 6) is 0.0387. The van der Waals surface area contributed by atoms with E-state index in [2.05, 4.69) is 4.98 Å². The molecule has 0 radical (unpaired) electrons. The first kappa shape index (κ1) is 10.7. The minimum atomic E-state index is -2.81. The van der Waals surface area contributed by atoms with Crippen LogP contribution in [-0.2, 0) is 5.88 Å². The predicted octanol–water partition coefficient (Wildman–Crippen LogP) is 2.21. The maximum Gasteiger partial charge on any atom is 0.281 e. The number of aromatic nitrogens is 1. The van der Waals surface area contributed by atoms with Crippen LogP contribution in [0, 0.1) is 11.3 Å². The fraction of sp³-hybridized carbons (Fsp3) is 0.250. The van der Waals surface area contributed by atoms with Crippen LogP contribution in [0.5, 0.6) is 0 Å². The molecule has 0 aliphatic carbocycles. The number of nitrogen functional groups attached to an aromatic ring is 1. The lowest BCUT2D eigenvalue weighted by Gasteiger charge is -2.07. The predicted molar refractivity (Wildman–Crippen MR) is 47.9 cm³/mol. The van der Waals surface area contributed by atoms with Gasteiger partial charge in [0.25, 0.3) is 6.43 Å². The number of anilines is 1. The van der Waals surface area contributed by atoms with Gasteiger partial charge in [0.2, 0.25) is 0 Å². The molecule has 0 spiro atoms. The number of pyridine rings is 1. The van der Waals surface area contributed by atoms with E-state index in [1.54, 1.807) is 6.07 Å². The zero-order chi connectivity index (χ0) is 10.7. The Morgan fingerprint density at radius 1 is 1.64 bits per heavy atom. The number of hydrogen-bond acceptors (Lipinski definition) is 3. The largest absolute Gasteiger partial charge is 0.397 e. The lowest BCUT2D eigenvalue weighted by Crippen LogP contribution is -2.03. The lowest BCUT2D eigenvalue weighted by atomic mass is 10.1. The van der Waals surface area contributed by atoms with Crippen molar-refractivity contribution in [2.75, 3.05) is 5.73 Å². The fourth-order valence-corrected chi connectivity index (χ4v) is 1.18. The van der Waals surface area contributed by atoms with E-state index in [1.165, 1.54) is 0 Å². The quantitative estimate of drug-likeness (QED) is 0.773. The van der Waals surface area contributed by atoms with E-state index in [0.717, 1.165) is 6.20 Å². The summed E-state index contributed by atoms with van der Waals surface area (Å²) < 4.78 is 24.7. The van der Waals surface area contributed by atoms with Gasteiger partial charge in [0.05, 0.1) is 11.6 Å². The highest BCUT2D eigenvalue weighted by atomic mass is 35.5. The fourth-order valence-electron chi connectivity index (χ4n) is 0.970. The Morgan fingerprint density at radius 3 is 2.71 bits per heavy atom. The molecule has 1 rings (SSSR count). The average molecular weight is 218 g/mol. The van der Waals surface area contributed by atoms with Crippen molar-refractivity contribution in [1.82, 2.24) is 4.98 Å². The van der Waals surface area contributed by atoms with Gasteiger partial charge in [0.1, 0.15) is 17.3 Å². The maximum atomic E-state index is 12.3. The SMILES string of the molecule is N#Cc1c(C(F)F)ncc(CCl)c1N. The minimum Gasteiger partial charge on any atom is -0.397 e. The molecule has 1 heterocycles. The summed E-state index contributed by atoms with van der Waals surface area (Å²) >= 11 is 5.48. The van der Waals surface area contributed by atoms with Crippen molar-refractivity contribution in [2.24, 2.45) is 0 Å². The zero-order valence-electron chi connectivity index (χ0n) is 6.97. The molecule has 0 fully saturated rings. The second-order valence-electron chi connectivity index (χ2n) is 2.50. The van der Waals surface area contributed by atoms with E-state index >= 15 is 0 Å². The Hall–Kier alpha value is -1.41. The van der Waals surface area contributed by atoms with E-state index < -0.39 is 12.1 Å². The van der Waals surface area contributed by atoms with Crippen molar-refractivity contribution < 1.29 is 8.78 Å². The van der Waals surface area contributed by atoms with Crippen LogP contribution in [0.25, 0.3) is 0 Å². The minimum absolute atomic E-state index is 0.0206. The molecule has 0 saturated heterocycles. The van der Waals surface area contributed by atoms with E-state index in [4.69, 9.17) is 22.6 Å². The molecular weight excluding hydrogens is 212 g/mol. The lowest BCUT2D eigenvalue weighted by molar-refractivity contribution is 0.146. The van der Waals surface area contributed by atoms with Crippen LogP contribution in [0.1, 0.15) is 23.2 Å². The van der Waals surface area contributed by atoms with Crippen molar-refractivity contribution >= 4 is 17.3 Å². The van der Waals surface area contributed by atoms with E-state index in [-0.39, 0.29) is 17.1 Å². The Kier molecular flexibility index (Phi) is 3.20. The van der Waals surface area contributed by atoms with E-state index in [9.17, 15) is 8.78 Å². The highest BCUT2D eigenvalue weighted by Crippen LogP contribution is 2.27. The van der Waals surface area contributed by atoms with Crippen molar-refractivity contribution in [2.45, 2.75) is 12.3 Å². The molecule has 0 amide bonds. The average Bonchev–Trinajstić information content (AvgIpc) is 2.17. The smallest absolute Gasteiger partial charge is 0.281 e. The van der Waals surface area contributed by atoms with Crippen LogP contribution in [0.4, 0.5) is 14.5 Å². The number of nitrogens with two attached hydrogens (primary N) is 1. The van der Waals surface area contributed by atoms with Gasteiger partial charge in [-0.3, -0.25) is 4.98 Å². The Balaban J connectivity index is 3.38. The van der Waals surface area contributed by atoms with Gasteiger partial charge in [0.15, 0.2) is 0 Å². The third-order valence-corrected chi connectivity index (χ3v) is 1.98. The van der Waals surface area contributed by atoms with Crippen LogP contribution >= 0.6 is 11.6 Å². The van der Waals surface area contributed by atoms with Crippen LogP contribution in [-0.4, -0.2) is 4.98 Å². The second-order valence-corrected chi connectivity index (χ2v) is 2.77. The second kappa shape index (κ2) is 4.20. The van der Waals surface area contributed by atoms with Crippen LogP contribution in [0.3, 0.4) is 0 Å². The molecular formula is C8H6ClF2N3. The molecule has 6 heteroatoms. The molecule has 0 aliphatic rings. The van der Waals surface area contributed by atoms with Crippen LogP contribution in [0.2, 0.25) is 0 Å². The molecule has 0 saturated carbocycles.